The van der Waals surface area contributed by atoms with Gasteiger partial charge in [-0.05, 0) is 50.8 Å². The Balaban J connectivity index is 2.80. The maximum atomic E-state index is 6.01. The Morgan fingerprint density at radius 1 is 1.13 bits per heavy atom. The van der Waals surface area contributed by atoms with E-state index in [0.717, 1.165) is 19.3 Å². The number of hydrogen-bond acceptors (Lipinski definition) is 2. The van der Waals surface area contributed by atoms with Gasteiger partial charge >= 0.3 is 8.56 Å². The topological polar surface area (TPSA) is 18.5 Å². The van der Waals surface area contributed by atoms with Crippen LogP contribution in [0.25, 0.3) is 0 Å². The minimum absolute atomic E-state index is 0.775. The van der Waals surface area contributed by atoms with Crippen LogP contribution < -0.4 is 0 Å². The number of rotatable bonds is 6. The van der Waals surface area contributed by atoms with Crippen LogP contribution in [0, 0.1) is 0 Å². The van der Waals surface area contributed by atoms with Gasteiger partial charge in [0.15, 0.2) is 0 Å². The first-order chi connectivity index (χ1) is 7.29. The van der Waals surface area contributed by atoms with Crippen molar-refractivity contribution >= 4 is 8.56 Å². The molecular weight excluding hydrogens is 204 g/mol. The first-order valence-corrected chi connectivity index (χ1v) is 8.28. The van der Waals surface area contributed by atoms with E-state index < -0.39 is 8.56 Å². The molecule has 3 heteroatoms. The molecule has 0 unspecified atom stereocenters. The molecule has 15 heavy (non-hydrogen) atoms. The van der Waals surface area contributed by atoms with Crippen molar-refractivity contribution in [1.82, 2.24) is 0 Å². The lowest BCUT2D eigenvalue weighted by Gasteiger charge is -2.32. The van der Waals surface area contributed by atoms with Crippen LogP contribution in [-0.4, -0.2) is 21.8 Å². The first kappa shape index (κ1) is 12.9. The Morgan fingerprint density at radius 2 is 1.80 bits per heavy atom. The van der Waals surface area contributed by atoms with Crippen LogP contribution in [0.3, 0.4) is 0 Å². The third-order valence-corrected chi connectivity index (χ3v) is 6.87. The SMILES string of the molecule is CCO[Si](CC)(OCC)C1=CCCCC1. The highest BCUT2D eigenvalue weighted by Gasteiger charge is 2.39. The molecule has 1 rings (SSSR count). The van der Waals surface area contributed by atoms with Gasteiger partial charge < -0.3 is 8.85 Å². The fourth-order valence-electron chi connectivity index (χ4n) is 2.31. The maximum Gasteiger partial charge on any atom is 0.367 e. The van der Waals surface area contributed by atoms with E-state index in [0.29, 0.717) is 0 Å². The lowest BCUT2D eigenvalue weighted by Crippen LogP contribution is -2.44. The van der Waals surface area contributed by atoms with Gasteiger partial charge in [0.2, 0.25) is 0 Å². The Kier molecular flexibility index (Phi) is 5.57. The molecule has 0 amide bonds. The highest BCUT2D eigenvalue weighted by atomic mass is 28.4. The van der Waals surface area contributed by atoms with Gasteiger partial charge in [0.1, 0.15) is 0 Å². The van der Waals surface area contributed by atoms with Crippen LogP contribution >= 0.6 is 0 Å². The summed E-state index contributed by atoms with van der Waals surface area (Å²) < 4.78 is 12.0. The van der Waals surface area contributed by atoms with Crippen molar-refractivity contribution in [2.45, 2.75) is 52.5 Å². The number of hydrogen-bond donors (Lipinski definition) is 0. The van der Waals surface area contributed by atoms with Crippen LogP contribution in [0.2, 0.25) is 6.04 Å². The summed E-state index contributed by atoms with van der Waals surface area (Å²) in [4.78, 5) is 0. The summed E-state index contributed by atoms with van der Waals surface area (Å²) in [5, 5.41) is 1.50. The predicted octanol–water partition coefficient (Wildman–Crippen LogP) is 3.56. The molecule has 0 saturated heterocycles. The zero-order valence-corrected chi connectivity index (χ0v) is 11.3. The van der Waals surface area contributed by atoms with E-state index in [1.54, 1.807) is 0 Å². The van der Waals surface area contributed by atoms with Gasteiger partial charge in [0.25, 0.3) is 0 Å². The van der Waals surface area contributed by atoms with Gasteiger partial charge in [-0.2, -0.15) is 0 Å². The molecule has 0 fully saturated rings. The summed E-state index contributed by atoms with van der Waals surface area (Å²) in [6.07, 6.45) is 7.42. The Labute approximate surface area is 94.9 Å². The summed E-state index contributed by atoms with van der Waals surface area (Å²) in [6, 6.07) is 1.04. The minimum Gasteiger partial charge on any atom is -0.391 e. The molecule has 0 radical (unpaired) electrons. The average molecular weight is 228 g/mol. The van der Waals surface area contributed by atoms with Gasteiger partial charge in [0, 0.05) is 13.2 Å². The van der Waals surface area contributed by atoms with E-state index in [1.807, 2.05) is 0 Å². The first-order valence-electron chi connectivity index (χ1n) is 6.26. The van der Waals surface area contributed by atoms with Crippen molar-refractivity contribution < 1.29 is 8.85 Å². The molecule has 0 aromatic heterocycles. The Bertz CT molecular complexity index is 208. The molecule has 0 aliphatic heterocycles. The predicted molar refractivity (Wildman–Crippen MR) is 66.0 cm³/mol. The molecule has 1 aliphatic carbocycles. The molecule has 0 spiro atoms. The van der Waals surface area contributed by atoms with Crippen LogP contribution in [0.15, 0.2) is 11.3 Å². The zero-order valence-electron chi connectivity index (χ0n) is 10.3. The van der Waals surface area contributed by atoms with E-state index in [-0.39, 0.29) is 0 Å². The molecule has 2 nitrogen and oxygen atoms in total. The van der Waals surface area contributed by atoms with Crippen molar-refractivity contribution in [2.24, 2.45) is 0 Å². The van der Waals surface area contributed by atoms with E-state index in [9.17, 15) is 0 Å². The molecule has 88 valence electrons. The largest absolute Gasteiger partial charge is 0.391 e. The molecule has 1 aliphatic rings. The highest BCUT2D eigenvalue weighted by Crippen LogP contribution is 2.30. The molecule has 0 aromatic carbocycles. The third-order valence-electron chi connectivity index (χ3n) is 3.00. The molecule has 0 saturated carbocycles. The van der Waals surface area contributed by atoms with Crippen molar-refractivity contribution in [2.75, 3.05) is 13.2 Å². The monoisotopic (exact) mass is 228 g/mol. The van der Waals surface area contributed by atoms with E-state index >= 15 is 0 Å². The fourth-order valence-corrected chi connectivity index (χ4v) is 5.57. The summed E-state index contributed by atoms with van der Waals surface area (Å²) in [7, 11) is -2.01. The lowest BCUT2D eigenvalue weighted by molar-refractivity contribution is 0.190. The molecule has 0 bridgehead atoms. The molecule has 0 atom stereocenters. The van der Waals surface area contributed by atoms with E-state index in [1.165, 1.54) is 30.9 Å². The smallest absolute Gasteiger partial charge is 0.367 e. The van der Waals surface area contributed by atoms with E-state index in [2.05, 4.69) is 26.8 Å². The van der Waals surface area contributed by atoms with Crippen molar-refractivity contribution in [3.63, 3.8) is 0 Å². The fraction of sp³-hybridized carbons (Fsp3) is 0.833. The zero-order chi connectivity index (χ0) is 11.1. The molecule has 0 aromatic rings. The third kappa shape index (κ3) is 3.16. The van der Waals surface area contributed by atoms with Gasteiger partial charge in [-0.1, -0.05) is 13.0 Å². The second kappa shape index (κ2) is 6.46. The second-order valence-electron chi connectivity index (χ2n) is 3.95. The summed E-state index contributed by atoms with van der Waals surface area (Å²) in [5.41, 5.74) is 0. The quantitative estimate of drug-likeness (QED) is 0.647. The summed E-state index contributed by atoms with van der Waals surface area (Å²) >= 11 is 0. The van der Waals surface area contributed by atoms with Crippen LogP contribution in [0.1, 0.15) is 46.5 Å². The Hall–Kier alpha value is -0.123. The minimum atomic E-state index is -2.01. The summed E-state index contributed by atoms with van der Waals surface area (Å²) in [6.45, 7) is 7.89. The van der Waals surface area contributed by atoms with Gasteiger partial charge in [0.05, 0.1) is 0 Å². The lowest BCUT2D eigenvalue weighted by atomic mass is 10.1. The van der Waals surface area contributed by atoms with E-state index in [4.69, 9.17) is 8.85 Å². The normalized spacial score (nSPS) is 17.7. The highest BCUT2D eigenvalue weighted by molar-refractivity contribution is 6.74. The van der Waals surface area contributed by atoms with Gasteiger partial charge in [-0.3, -0.25) is 0 Å². The Morgan fingerprint density at radius 3 is 2.20 bits per heavy atom. The van der Waals surface area contributed by atoms with Gasteiger partial charge in [-0.25, -0.2) is 0 Å². The van der Waals surface area contributed by atoms with Crippen LogP contribution in [0.4, 0.5) is 0 Å². The molecular formula is C12H24O2Si. The maximum absolute atomic E-state index is 6.01. The average Bonchev–Trinajstić information content (AvgIpc) is 2.30. The molecule has 0 heterocycles. The van der Waals surface area contributed by atoms with Gasteiger partial charge in [-0.15, -0.1) is 0 Å². The number of allylic oxidation sites excluding steroid dienone is 2. The molecule has 0 N–H and O–H groups in total. The van der Waals surface area contributed by atoms with Crippen LogP contribution in [-0.2, 0) is 8.85 Å². The van der Waals surface area contributed by atoms with Crippen molar-refractivity contribution in [3.05, 3.63) is 11.3 Å². The van der Waals surface area contributed by atoms with Crippen LogP contribution in [0.5, 0.6) is 0 Å². The van der Waals surface area contributed by atoms with Crippen molar-refractivity contribution in [1.29, 1.82) is 0 Å². The standard InChI is InChI=1S/C12H24O2Si/c1-4-13-15(6-3,14-5-2)12-10-8-7-9-11-12/h10H,4-9,11H2,1-3H3. The summed E-state index contributed by atoms with van der Waals surface area (Å²) in [5.74, 6) is 0. The second-order valence-corrected chi connectivity index (χ2v) is 7.38. The van der Waals surface area contributed by atoms with Crippen molar-refractivity contribution in [3.8, 4) is 0 Å².